The minimum absolute atomic E-state index is 0.384. The zero-order valence-electron chi connectivity index (χ0n) is 9.96. The van der Waals surface area contributed by atoms with E-state index in [9.17, 15) is 0 Å². The Hall–Kier alpha value is -2.38. The summed E-state index contributed by atoms with van der Waals surface area (Å²) in [7, 11) is 0. The summed E-state index contributed by atoms with van der Waals surface area (Å²) < 4.78 is 9.91. The highest BCUT2D eigenvalue weighted by molar-refractivity contribution is 5.66. The van der Waals surface area contributed by atoms with Gasteiger partial charge in [-0.3, -0.25) is 0 Å². The number of aromatic nitrogens is 4. The van der Waals surface area contributed by atoms with Gasteiger partial charge in [0.2, 0.25) is 12.3 Å². The Kier molecular flexibility index (Phi) is 3.90. The monoisotopic (exact) mass is 250 g/mol. The second kappa shape index (κ2) is 5.80. The first-order valence-corrected chi connectivity index (χ1v) is 5.53. The summed E-state index contributed by atoms with van der Waals surface area (Å²) in [6.07, 6.45) is 3.31. The number of hydrogen-bond acceptors (Lipinski definition) is 8. The molecule has 3 N–H and O–H groups in total. The topological polar surface area (TPSA) is 112 Å². The molecule has 0 amide bonds. The van der Waals surface area contributed by atoms with Gasteiger partial charge in [0.15, 0.2) is 11.6 Å². The number of rotatable bonds is 6. The molecule has 0 fully saturated rings. The number of anilines is 2. The number of ether oxygens (including phenoxy) is 1. The number of nitrogens with zero attached hydrogens (tertiary/aromatic N) is 4. The van der Waals surface area contributed by atoms with Crippen LogP contribution < -0.4 is 15.8 Å². The fraction of sp³-hybridized carbons (Fsp3) is 0.400. The molecule has 0 aliphatic heterocycles. The normalized spacial score (nSPS) is 10.3. The molecule has 0 unspecified atom stereocenters. The van der Waals surface area contributed by atoms with Crippen LogP contribution in [-0.4, -0.2) is 33.3 Å². The molecule has 0 atom stereocenters. The molecule has 96 valence electrons. The van der Waals surface area contributed by atoms with Gasteiger partial charge in [-0.25, -0.2) is 4.98 Å². The average molecular weight is 250 g/mol. The molecule has 0 radical (unpaired) electrons. The maximum absolute atomic E-state index is 5.87. The van der Waals surface area contributed by atoms with E-state index in [1.54, 1.807) is 0 Å². The molecule has 0 saturated heterocycles. The second-order valence-corrected chi connectivity index (χ2v) is 3.40. The molecule has 2 heterocycles. The van der Waals surface area contributed by atoms with Crippen LogP contribution in [0, 0.1) is 0 Å². The van der Waals surface area contributed by atoms with Crippen LogP contribution in [0.4, 0.5) is 11.5 Å². The molecule has 2 aromatic rings. The molecular weight excluding hydrogens is 236 g/mol. The van der Waals surface area contributed by atoms with Crippen molar-refractivity contribution in [3.8, 4) is 5.88 Å². The lowest BCUT2D eigenvalue weighted by Gasteiger charge is -2.10. The van der Waals surface area contributed by atoms with E-state index in [0.717, 1.165) is 0 Å². The van der Waals surface area contributed by atoms with Crippen molar-refractivity contribution in [2.45, 2.75) is 13.3 Å². The highest BCUT2D eigenvalue weighted by Crippen LogP contribution is 2.24. The molecule has 0 saturated carbocycles. The minimum atomic E-state index is 0.384. The molecule has 0 aromatic carbocycles. The number of hydrogen-bond donors (Lipinski definition) is 2. The van der Waals surface area contributed by atoms with Gasteiger partial charge in [-0.15, -0.1) is 0 Å². The Morgan fingerprint density at radius 1 is 1.39 bits per heavy atom. The van der Waals surface area contributed by atoms with Crippen LogP contribution in [0.15, 0.2) is 17.2 Å². The third-order valence-electron chi connectivity index (χ3n) is 2.18. The summed E-state index contributed by atoms with van der Waals surface area (Å²) in [6.45, 7) is 2.96. The predicted octanol–water partition coefficient (Wildman–Crippen LogP) is 0.495. The Morgan fingerprint density at radius 3 is 3.00 bits per heavy atom. The number of nitrogens with two attached hydrogens (primary N) is 1. The lowest BCUT2D eigenvalue weighted by Crippen LogP contribution is -2.11. The third-order valence-corrected chi connectivity index (χ3v) is 2.18. The van der Waals surface area contributed by atoms with Crippen LogP contribution in [0.2, 0.25) is 0 Å². The van der Waals surface area contributed by atoms with Crippen LogP contribution in [0.25, 0.3) is 0 Å². The molecular formula is C10H14N6O2. The van der Waals surface area contributed by atoms with E-state index < -0.39 is 0 Å². The van der Waals surface area contributed by atoms with E-state index in [4.69, 9.17) is 10.5 Å². The van der Waals surface area contributed by atoms with Gasteiger partial charge >= 0.3 is 0 Å². The van der Waals surface area contributed by atoms with Crippen LogP contribution in [-0.2, 0) is 6.42 Å². The summed E-state index contributed by atoms with van der Waals surface area (Å²) in [5, 5.41) is 6.77. The van der Waals surface area contributed by atoms with Crippen molar-refractivity contribution >= 4 is 11.5 Å². The van der Waals surface area contributed by atoms with Crippen molar-refractivity contribution in [2.24, 2.45) is 0 Å². The maximum Gasteiger partial charge on any atom is 0.242 e. The molecule has 0 aliphatic carbocycles. The highest BCUT2D eigenvalue weighted by atomic mass is 16.5. The maximum atomic E-state index is 5.87. The van der Waals surface area contributed by atoms with E-state index in [2.05, 4.69) is 29.9 Å². The van der Waals surface area contributed by atoms with Gasteiger partial charge in [-0.2, -0.15) is 9.97 Å². The summed E-state index contributed by atoms with van der Waals surface area (Å²) in [4.78, 5) is 11.9. The van der Waals surface area contributed by atoms with Crippen molar-refractivity contribution in [1.29, 1.82) is 0 Å². The predicted molar refractivity (Wildman–Crippen MR) is 64.1 cm³/mol. The lowest BCUT2D eigenvalue weighted by atomic mass is 10.4. The van der Waals surface area contributed by atoms with Gasteiger partial charge in [0, 0.05) is 13.0 Å². The smallest absolute Gasteiger partial charge is 0.242 e. The summed E-state index contributed by atoms with van der Waals surface area (Å²) >= 11 is 0. The highest BCUT2D eigenvalue weighted by Gasteiger charge is 2.08. The average Bonchev–Trinajstić information content (AvgIpc) is 2.87. The molecule has 0 spiro atoms. The van der Waals surface area contributed by atoms with E-state index in [1.807, 2.05) is 6.92 Å². The van der Waals surface area contributed by atoms with Crippen molar-refractivity contribution in [2.75, 3.05) is 24.2 Å². The van der Waals surface area contributed by atoms with Gasteiger partial charge in [-0.1, -0.05) is 5.16 Å². The number of nitrogen functional groups attached to an aromatic ring is 1. The third kappa shape index (κ3) is 2.84. The standard InChI is InChI=1S/C10H14N6O2/c1-2-17-10-8(11)9(13-5-14-10)12-4-3-7-15-6-18-16-7/h5-6H,2-4,11H2,1H3,(H,12,13,14). The number of nitrogens with one attached hydrogen (secondary N) is 1. The summed E-state index contributed by atoms with van der Waals surface area (Å²) in [5.74, 6) is 1.55. The second-order valence-electron chi connectivity index (χ2n) is 3.40. The molecule has 2 aromatic heterocycles. The Bertz CT molecular complexity index is 487. The molecule has 8 nitrogen and oxygen atoms in total. The minimum Gasteiger partial charge on any atom is -0.476 e. The summed E-state index contributed by atoms with van der Waals surface area (Å²) in [5.41, 5.74) is 6.26. The lowest BCUT2D eigenvalue weighted by molar-refractivity contribution is 0.328. The van der Waals surface area contributed by atoms with Crippen molar-refractivity contribution in [3.63, 3.8) is 0 Å². The first kappa shape index (κ1) is 12.1. The fourth-order valence-corrected chi connectivity index (χ4v) is 1.37. The zero-order chi connectivity index (χ0) is 12.8. The fourth-order valence-electron chi connectivity index (χ4n) is 1.37. The molecule has 18 heavy (non-hydrogen) atoms. The van der Waals surface area contributed by atoms with Gasteiger partial charge in [0.05, 0.1) is 6.61 Å². The largest absolute Gasteiger partial charge is 0.476 e. The zero-order valence-corrected chi connectivity index (χ0v) is 9.96. The van der Waals surface area contributed by atoms with Crippen LogP contribution >= 0.6 is 0 Å². The Labute approximate surface area is 104 Å². The van der Waals surface area contributed by atoms with Crippen molar-refractivity contribution in [1.82, 2.24) is 20.1 Å². The van der Waals surface area contributed by atoms with E-state index in [1.165, 1.54) is 12.7 Å². The first-order valence-electron chi connectivity index (χ1n) is 5.53. The van der Waals surface area contributed by atoms with Gasteiger partial charge in [-0.05, 0) is 6.92 Å². The van der Waals surface area contributed by atoms with Gasteiger partial charge < -0.3 is 20.3 Å². The summed E-state index contributed by atoms with van der Waals surface area (Å²) in [6, 6.07) is 0. The van der Waals surface area contributed by atoms with Gasteiger partial charge in [0.1, 0.15) is 12.0 Å². The first-order chi connectivity index (χ1) is 8.81. The van der Waals surface area contributed by atoms with Crippen molar-refractivity contribution in [3.05, 3.63) is 18.5 Å². The van der Waals surface area contributed by atoms with Crippen LogP contribution in [0.3, 0.4) is 0 Å². The Balaban J connectivity index is 1.94. The SMILES string of the molecule is CCOc1ncnc(NCCc2ncon2)c1N. The Morgan fingerprint density at radius 2 is 2.28 bits per heavy atom. The molecule has 8 heteroatoms. The van der Waals surface area contributed by atoms with E-state index >= 15 is 0 Å². The molecule has 2 rings (SSSR count). The van der Waals surface area contributed by atoms with E-state index in [-0.39, 0.29) is 0 Å². The molecule has 0 aliphatic rings. The van der Waals surface area contributed by atoms with Crippen molar-refractivity contribution < 1.29 is 9.26 Å². The molecule has 0 bridgehead atoms. The quantitative estimate of drug-likeness (QED) is 0.762. The van der Waals surface area contributed by atoms with Crippen LogP contribution in [0.5, 0.6) is 5.88 Å². The van der Waals surface area contributed by atoms with Gasteiger partial charge in [0.25, 0.3) is 0 Å². The van der Waals surface area contributed by atoms with E-state index in [0.29, 0.717) is 42.8 Å². The van der Waals surface area contributed by atoms with Crippen LogP contribution in [0.1, 0.15) is 12.7 Å².